The van der Waals surface area contributed by atoms with Crippen LogP contribution >= 0.6 is 0 Å². The molecule has 5 nitrogen and oxygen atoms in total. The SMILES string of the molecule is CCCC(=O)Nc1c(-c2ccc(OC)cc2)nc2cc(C)ccn12. The normalized spacial score (nSPS) is 10.8. The lowest BCUT2D eigenvalue weighted by molar-refractivity contribution is -0.116. The number of hydrogen-bond acceptors (Lipinski definition) is 3. The third kappa shape index (κ3) is 3.11. The molecule has 0 aliphatic carbocycles. The van der Waals surface area contributed by atoms with E-state index in [1.165, 1.54) is 0 Å². The van der Waals surface area contributed by atoms with Gasteiger partial charge in [-0.05, 0) is 55.3 Å². The third-order valence-corrected chi connectivity index (χ3v) is 3.88. The Morgan fingerprint density at radius 2 is 2.00 bits per heavy atom. The summed E-state index contributed by atoms with van der Waals surface area (Å²) in [5.74, 6) is 1.48. The van der Waals surface area contributed by atoms with E-state index in [0.29, 0.717) is 12.2 Å². The van der Waals surface area contributed by atoms with Gasteiger partial charge in [0.2, 0.25) is 5.91 Å². The Morgan fingerprint density at radius 3 is 2.67 bits per heavy atom. The smallest absolute Gasteiger partial charge is 0.225 e. The molecule has 2 aromatic heterocycles. The molecule has 0 saturated carbocycles. The van der Waals surface area contributed by atoms with E-state index in [1.54, 1.807) is 7.11 Å². The number of methoxy groups -OCH3 is 1. The fraction of sp³-hybridized carbons (Fsp3) is 0.263. The first-order chi connectivity index (χ1) is 11.6. The molecule has 124 valence electrons. The van der Waals surface area contributed by atoms with Gasteiger partial charge in [-0.1, -0.05) is 6.92 Å². The fourth-order valence-electron chi connectivity index (χ4n) is 2.64. The summed E-state index contributed by atoms with van der Waals surface area (Å²) in [5, 5.41) is 3.01. The summed E-state index contributed by atoms with van der Waals surface area (Å²) in [6, 6.07) is 11.7. The first-order valence-corrected chi connectivity index (χ1v) is 8.05. The van der Waals surface area contributed by atoms with Gasteiger partial charge in [0.1, 0.15) is 22.9 Å². The van der Waals surface area contributed by atoms with Crippen molar-refractivity contribution in [3.05, 3.63) is 48.2 Å². The number of hydrogen-bond donors (Lipinski definition) is 1. The topological polar surface area (TPSA) is 55.6 Å². The van der Waals surface area contributed by atoms with Crippen molar-refractivity contribution in [1.82, 2.24) is 9.38 Å². The van der Waals surface area contributed by atoms with E-state index >= 15 is 0 Å². The molecule has 0 aliphatic rings. The monoisotopic (exact) mass is 323 g/mol. The van der Waals surface area contributed by atoms with Crippen LogP contribution in [0.3, 0.4) is 0 Å². The number of ether oxygens (including phenoxy) is 1. The predicted octanol–water partition coefficient (Wildman–Crippen LogP) is 4.06. The van der Waals surface area contributed by atoms with E-state index in [4.69, 9.17) is 9.72 Å². The first kappa shape index (κ1) is 16.1. The zero-order valence-corrected chi connectivity index (χ0v) is 14.2. The molecule has 2 heterocycles. The molecule has 3 rings (SSSR count). The summed E-state index contributed by atoms with van der Waals surface area (Å²) in [7, 11) is 1.64. The van der Waals surface area contributed by atoms with Crippen LogP contribution in [-0.2, 0) is 4.79 Å². The number of imidazole rings is 1. The Hall–Kier alpha value is -2.82. The van der Waals surface area contributed by atoms with Crippen LogP contribution in [0.2, 0.25) is 0 Å². The zero-order chi connectivity index (χ0) is 17.1. The van der Waals surface area contributed by atoms with Gasteiger partial charge >= 0.3 is 0 Å². The van der Waals surface area contributed by atoms with Crippen molar-refractivity contribution in [2.75, 3.05) is 12.4 Å². The molecule has 0 atom stereocenters. The van der Waals surface area contributed by atoms with Gasteiger partial charge in [-0.2, -0.15) is 0 Å². The lowest BCUT2D eigenvalue weighted by atomic mass is 10.1. The molecule has 0 radical (unpaired) electrons. The molecular weight excluding hydrogens is 302 g/mol. The van der Waals surface area contributed by atoms with Crippen molar-refractivity contribution in [2.45, 2.75) is 26.7 Å². The number of benzene rings is 1. The Morgan fingerprint density at radius 1 is 1.25 bits per heavy atom. The van der Waals surface area contributed by atoms with Gasteiger partial charge in [0, 0.05) is 18.2 Å². The summed E-state index contributed by atoms with van der Waals surface area (Å²) >= 11 is 0. The Kier molecular flexibility index (Phi) is 4.51. The van der Waals surface area contributed by atoms with E-state index in [2.05, 4.69) is 5.32 Å². The van der Waals surface area contributed by atoms with Gasteiger partial charge in [-0.15, -0.1) is 0 Å². The van der Waals surface area contributed by atoms with Gasteiger partial charge in [0.15, 0.2) is 0 Å². The average molecular weight is 323 g/mol. The maximum atomic E-state index is 12.1. The van der Waals surface area contributed by atoms with E-state index in [-0.39, 0.29) is 5.91 Å². The highest BCUT2D eigenvalue weighted by molar-refractivity contribution is 5.94. The number of nitrogens with zero attached hydrogens (tertiary/aromatic N) is 2. The zero-order valence-electron chi connectivity index (χ0n) is 14.2. The standard InChI is InChI=1S/C19H21N3O2/c1-4-5-17(23)21-19-18(14-6-8-15(24-3)9-7-14)20-16-12-13(2)10-11-22(16)19/h6-12H,4-5H2,1-3H3,(H,21,23). The highest BCUT2D eigenvalue weighted by atomic mass is 16.5. The van der Waals surface area contributed by atoms with Crippen molar-refractivity contribution in [2.24, 2.45) is 0 Å². The Labute approximate surface area is 141 Å². The average Bonchev–Trinajstić information content (AvgIpc) is 2.92. The second-order valence-corrected chi connectivity index (χ2v) is 5.77. The summed E-state index contributed by atoms with van der Waals surface area (Å²) in [6.07, 6.45) is 3.23. The van der Waals surface area contributed by atoms with Crippen molar-refractivity contribution >= 4 is 17.4 Å². The molecule has 3 aromatic rings. The minimum Gasteiger partial charge on any atom is -0.497 e. The molecule has 1 amide bonds. The van der Waals surface area contributed by atoms with Gasteiger partial charge in [-0.25, -0.2) is 4.98 Å². The maximum Gasteiger partial charge on any atom is 0.225 e. The summed E-state index contributed by atoms with van der Waals surface area (Å²) < 4.78 is 7.13. The Balaban J connectivity index is 2.11. The number of aryl methyl sites for hydroxylation is 1. The predicted molar refractivity (Wildman–Crippen MR) is 95.5 cm³/mol. The van der Waals surface area contributed by atoms with Crippen LogP contribution in [0.15, 0.2) is 42.6 Å². The second-order valence-electron chi connectivity index (χ2n) is 5.77. The van der Waals surface area contributed by atoms with Crippen LogP contribution in [0.5, 0.6) is 5.75 Å². The van der Waals surface area contributed by atoms with Crippen LogP contribution in [0, 0.1) is 6.92 Å². The highest BCUT2D eigenvalue weighted by Crippen LogP contribution is 2.30. The summed E-state index contributed by atoms with van der Waals surface area (Å²) in [6.45, 7) is 4.01. The van der Waals surface area contributed by atoms with Crippen LogP contribution < -0.4 is 10.1 Å². The van der Waals surface area contributed by atoms with Crippen LogP contribution in [0.4, 0.5) is 5.82 Å². The first-order valence-electron chi connectivity index (χ1n) is 8.05. The molecule has 24 heavy (non-hydrogen) atoms. The third-order valence-electron chi connectivity index (χ3n) is 3.88. The number of aromatic nitrogens is 2. The molecule has 5 heteroatoms. The van der Waals surface area contributed by atoms with Gasteiger partial charge in [-0.3, -0.25) is 9.20 Å². The summed E-state index contributed by atoms with van der Waals surface area (Å²) in [4.78, 5) is 16.9. The molecule has 0 bridgehead atoms. The van der Waals surface area contributed by atoms with Crippen LogP contribution in [0.25, 0.3) is 16.9 Å². The van der Waals surface area contributed by atoms with E-state index in [1.807, 2.05) is 60.8 Å². The Bertz CT molecular complexity index is 866. The van der Waals surface area contributed by atoms with Crippen LogP contribution in [-0.4, -0.2) is 22.4 Å². The van der Waals surface area contributed by atoms with Crippen molar-refractivity contribution in [3.63, 3.8) is 0 Å². The molecule has 0 fully saturated rings. The number of amides is 1. The van der Waals surface area contributed by atoms with Gasteiger partial charge in [0.25, 0.3) is 0 Å². The fourth-order valence-corrected chi connectivity index (χ4v) is 2.64. The highest BCUT2D eigenvalue weighted by Gasteiger charge is 2.16. The molecule has 1 N–H and O–H groups in total. The molecule has 0 spiro atoms. The van der Waals surface area contributed by atoms with Gasteiger partial charge < -0.3 is 10.1 Å². The number of nitrogens with one attached hydrogen (secondary N) is 1. The number of rotatable bonds is 5. The van der Waals surface area contributed by atoms with E-state index in [9.17, 15) is 4.79 Å². The molecule has 0 unspecified atom stereocenters. The number of carbonyl (C=O) groups is 1. The second kappa shape index (κ2) is 6.74. The van der Waals surface area contributed by atoms with Crippen molar-refractivity contribution in [3.8, 4) is 17.0 Å². The summed E-state index contributed by atoms with van der Waals surface area (Å²) in [5.41, 5.74) is 3.63. The number of pyridine rings is 1. The maximum absolute atomic E-state index is 12.1. The number of fused-ring (bicyclic) bond motifs is 1. The van der Waals surface area contributed by atoms with Crippen molar-refractivity contribution in [1.29, 1.82) is 0 Å². The van der Waals surface area contributed by atoms with E-state index in [0.717, 1.165) is 34.6 Å². The minimum absolute atomic E-state index is 0.00497. The lowest BCUT2D eigenvalue weighted by Crippen LogP contribution is -2.13. The minimum atomic E-state index is -0.00497. The lowest BCUT2D eigenvalue weighted by Gasteiger charge is -2.08. The van der Waals surface area contributed by atoms with Crippen molar-refractivity contribution < 1.29 is 9.53 Å². The quantitative estimate of drug-likeness (QED) is 0.770. The van der Waals surface area contributed by atoms with E-state index < -0.39 is 0 Å². The van der Waals surface area contributed by atoms with Gasteiger partial charge in [0.05, 0.1) is 7.11 Å². The molecule has 0 saturated heterocycles. The number of anilines is 1. The number of carbonyl (C=O) groups excluding carboxylic acids is 1. The van der Waals surface area contributed by atoms with Crippen LogP contribution in [0.1, 0.15) is 25.3 Å². The largest absolute Gasteiger partial charge is 0.497 e. The molecular formula is C19H21N3O2. The molecule has 1 aromatic carbocycles. The molecule has 0 aliphatic heterocycles.